The lowest BCUT2D eigenvalue weighted by Gasteiger charge is -2.28. The van der Waals surface area contributed by atoms with Gasteiger partial charge in [-0.25, -0.2) is 0 Å². The molecule has 2 aromatic rings. The quantitative estimate of drug-likeness (QED) is 0.653. The van der Waals surface area contributed by atoms with E-state index in [0.717, 1.165) is 22.4 Å². The van der Waals surface area contributed by atoms with E-state index in [0.29, 0.717) is 32.0 Å². The van der Waals surface area contributed by atoms with Crippen LogP contribution in [0, 0.1) is 6.92 Å². The summed E-state index contributed by atoms with van der Waals surface area (Å²) in [5, 5.41) is 0. The predicted octanol–water partition coefficient (Wildman–Crippen LogP) is 4.91. The summed E-state index contributed by atoms with van der Waals surface area (Å²) in [6.07, 6.45) is 0.312. The van der Waals surface area contributed by atoms with Gasteiger partial charge in [-0.05, 0) is 36.5 Å². The lowest BCUT2D eigenvalue weighted by Crippen LogP contribution is -2.36. The molecule has 0 aliphatic heterocycles. The molecule has 2 rings (SSSR count). The van der Waals surface area contributed by atoms with Crippen LogP contribution in [0.1, 0.15) is 56.7 Å². The molecule has 0 aliphatic carbocycles. The van der Waals surface area contributed by atoms with Crippen molar-refractivity contribution in [2.75, 3.05) is 18.0 Å². The molecule has 0 aliphatic rings. The van der Waals surface area contributed by atoms with Gasteiger partial charge in [0.15, 0.2) is 0 Å². The maximum atomic E-state index is 12.8. The Kier molecular flexibility index (Phi) is 7.80. The van der Waals surface area contributed by atoms with Gasteiger partial charge in [0.05, 0.1) is 0 Å². The van der Waals surface area contributed by atoms with Crippen molar-refractivity contribution < 1.29 is 9.59 Å². The average Bonchev–Trinajstić information content (AvgIpc) is 2.67. The van der Waals surface area contributed by atoms with Crippen molar-refractivity contribution in [2.24, 2.45) is 0 Å². The highest BCUT2D eigenvalue weighted by atomic mass is 16.2. The zero-order chi connectivity index (χ0) is 20.7. The van der Waals surface area contributed by atoms with Crippen molar-refractivity contribution in [3.8, 4) is 0 Å². The molecule has 0 unspecified atom stereocenters. The Morgan fingerprint density at radius 2 is 1.68 bits per heavy atom. The number of benzene rings is 2. The Labute approximate surface area is 169 Å². The van der Waals surface area contributed by atoms with E-state index < -0.39 is 0 Å². The van der Waals surface area contributed by atoms with E-state index >= 15 is 0 Å². The van der Waals surface area contributed by atoms with Crippen LogP contribution < -0.4 is 4.90 Å². The number of aryl methyl sites for hydroxylation is 1. The van der Waals surface area contributed by atoms with E-state index in [9.17, 15) is 9.59 Å². The molecule has 0 saturated carbocycles. The molecule has 0 atom stereocenters. The minimum absolute atomic E-state index is 0.0323. The predicted molar refractivity (Wildman–Crippen MR) is 115 cm³/mol. The minimum atomic E-state index is -0.0323. The Morgan fingerprint density at radius 3 is 2.25 bits per heavy atom. The molecule has 0 fully saturated rings. The first-order chi connectivity index (χ1) is 13.3. The monoisotopic (exact) mass is 380 g/mol. The molecule has 0 spiro atoms. The third-order valence-electron chi connectivity index (χ3n) is 5.04. The number of anilines is 1. The molecule has 0 heterocycles. The van der Waals surface area contributed by atoms with Crippen molar-refractivity contribution in [3.63, 3.8) is 0 Å². The van der Waals surface area contributed by atoms with Gasteiger partial charge in [-0.3, -0.25) is 9.59 Å². The average molecular weight is 381 g/mol. The maximum absolute atomic E-state index is 12.8. The number of carbonyl (C=O) groups is 2. The fourth-order valence-corrected chi connectivity index (χ4v) is 3.49. The van der Waals surface area contributed by atoms with Crippen LogP contribution >= 0.6 is 0 Å². The van der Waals surface area contributed by atoms with Crippen LogP contribution in [0.25, 0.3) is 0 Å². The van der Waals surface area contributed by atoms with Gasteiger partial charge in [-0.1, -0.05) is 62.4 Å². The van der Waals surface area contributed by atoms with E-state index in [1.54, 1.807) is 11.8 Å². The van der Waals surface area contributed by atoms with Gasteiger partial charge >= 0.3 is 0 Å². The molecule has 4 nitrogen and oxygen atoms in total. The van der Waals surface area contributed by atoms with Crippen molar-refractivity contribution >= 4 is 17.5 Å². The summed E-state index contributed by atoms with van der Waals surface area (Å²) in [4.78, 5) is 28.8. The second-order valence-corrected chi connectivity index (χ2v) is 7.48. The van der Waals surface area contributed by atoms with Crippen LogP contribution in [0.4, 0.5) is 5.69 Å². The first-order valence-corrected chi connectivity index (χ1v) is 10.0. The summed E-state index contributed by atoms with van der Waals surface area (Å²) >= 11 is 0. The number of carbonyl (C=O) groups excluding carboxylic acids is 2. The number of amides is 2. The number of hydrogen-bond acceptors (Lipinski definition) is 2. The highest BCUT2D eigenvalue weighted by Crippen LogP contribution is 2.31. The third kappa shape index (κ3) is 5.44. The van der Waals surface area contributed by atoms with Crippen molar-refractivity contribution in [1.29, 1.82) is 0 Å². The van der Waals surface area contributed by atoms with Gasteiger partial charge < -0.3 is 9.80 Å². The summed E-state index contributed by atoms with van der Waals surface area (Å²) in [5.74, 6) is 0.338. The summed E-state index contributed by atoms with van der Waals surface area (Å²) in [5.41, 5.74) is 4.26. The Morgan fingerprint density at radius 1 is 1.00 bits per heavy atom. The smallest absolute Gasteiger partial charge is 0.224 e. The minimum Gasteiger partial charge on any atom is -0.339 e. The van der Waals surface area contributed by atoms with E-state index in [1.807, 2.05) is 61.2 Å². The standard InChI is InChI=1S/C24H32N2O2/c1-6-25(17-21-12-8-7-9-13-21)23(28)15-16-26(20(5)27)24-19(4)11-10-14-22(24)18(2)3/h7-14,18H,6,15-17H2,1-5H3. The largest absolute Gasteiger partial charge is 0.339 e. The van der Waals surface area contributed by atoms with Crippen LogP contribution in [-0.4, -0.2) is 29.8 Å². The molecular weight excluding hydrogens is 348 g/mol. The first-order valence-electron chi connectivity index (χ1n) is 10.0. The molecule has 2 aromatic carbocycles. The Hall–Kier alpha value is -2.62. The number of nitrogens with zero attached hydrogens (tertiary/aromatic N) is 2. The van der Waals surface area contributed by atoms with Gasteiger partial charge in [0.25, 0.3) is 0 Å². The molecule has 4 heteroatoms. The van der Waals surface area contributed by atoms with Gasteiger partial charge in [-0.15, -0.1) is 0 Å². The molecule has 0 aromatic heterocycles. The van der Waals surface area contributed by atoms with Crippen LogP contribution in [0.3, 0.4) is 0 Å². The molecular formula is C24H32N2O2. The summed E-state index contributed by atoms with van der Waals surface area (Å²) in [6.45, 7) is 11.5. The summed E-state index contributed by atoms with van der Waals surface area (Å²) < 4.78 is 0. The van der Waals surface area contributed by atoms with Crippen LogP contribution in [0.5, 0.6) is 0 Å². The van der Waals surface area contributed by atoms with E-state index in [-0.39, 0.29) is 11.8 Å². The van der Waals surface area contributed by atoms with Crippen LogP contribution in [0.15, 0.2) is 48.5 Å². The van der Waals surface area contributed by atoms with Gasteiger partial charge in [-0.2, -0.15) is 0 Å². The summed E-state index contributed by atoms with van der Waals surface area (Å²) in [6, 6.07) is 16.1. The molecule has 0 radical (unpaired) electrons. The molecule has 0 bridgehead atoms. The summed E-state index contributed by atoms with van der Waals surface area (Å²) in [7, 11) is 0. The number of para-hydroxylation sites is 1. The maximum Gasteiger partial charge on any atom is 0.224 e. The fraction of sp³-hybridized carbons (Fsp3) is 0.417. The topological polar surface area (TPSA) is 40.6 Å². The van der Waals surface area contributed by atoms with E-state index in [1.165, 1.54) is 0 Å². The van der Waals surface area contributed by atoms with Crippen LogP contribution in [-0.2, 0) is 16.1 Å². The second-order valence-electron chi connectivity index (χ2n) is 7.48. The van der Waals surface area contributed by atoms with Crippen molar-refractivity contribution in [2.45, 2.75) is 53.5 Å². The van der Waals surface area contributed by atoms with Gasteiger partial charge in [0, 0.05) is 38.7 Å². The van der Waals surface area contributed by atoms with E-state index in [4.69, 9.17) is 0 Å². The highest BCUT2D eigenvalue weighted by Gasteiger charge is 2.21. The molecule has 28 heavy (non-hydrogen) atoms. The molecule has 0 N–H and O–H groups in total. The number of hydrogen-bond donors (Lipinski definition) is 0. The molecule has 0 saturated heterocycles. The van der Waals surface area contributed by atoms with Crippen molar-refractivity contribution in [3.05, 3.63) is 65.2 Å². The van der Waals surface area contributed by atoms with Gasteiger partial charge in [0.2, 0.25) is 11.8 Å². The van der Waals surface area contributed by atoms with Gasteiger partial charge in [0.1, 0.15) is 0 Å². The second kappa shape index (κ2) is 10.1. The van der Waals surface area contributed by atoms with Crippen molar-refractivity contribution in [1.82, 2.24) is 4.90 Å². The number of rotatable bonds is 8. The first kappa shape index (κ1) is 21.7. The molecule has 150 valence electrons. The lowest BCUT2D eigenvalue weighted by molar-refractivity contribution is -0.131. The zero-order valence-electron chi connectivity index (χ0n) is 17.7. The van der Waals surface area contributed by atoms with Crippen LogP contribution in [0.2, 0.25) is 0 Å². The Balaban J connectivity index is 2.15. The molecule has 2 amide bonds. The SMILES string of the molecule is CCN(Cc1ccccc1)C(=O)CCN(C(C)=O)c1c(C)cccc1C(C)C. The zero-order valence-corrected chi connectivity index (χ0v) is 17.7. The van der Waals surface area contributed by atoms with E-state index in [2.05, 4.69) is 19.9 Å². The third-order valence-corrected chi connectivity index (χ3v) is 5.04. The Bertz CT molecular complexity index is 800. The lowest BCUT2D eigenvalue weighted by atomic mass is 9.97. The normalized spacial score (nSPS) is 10.8. The highest BCUT2D eigenvalue weighted by molar-refractivity contribution is 5.94. The fourth-order valence-electron chi connectivity index (χ4n) is 3.49.